The summed E-state index contributed by atoms with van der Waals surface area (Å²) in [7, 11) is 2.04. The Hall–Kier alpha value is -1.10. The molecule has 0 aromatic carbocycles. The fraction of sp³-hybridized carbons (Fsp3) is 0.818. The van der Waals surface area contributed by atoms with Crippen LogP contribution in [0.25, 0.3) is 0 Å². The first-order chi connectivity index (χ1) is 7.58. The summed E-state index contributed by atoms with van der Waals surface area (Å²) in [6.07, 6.45) is 2.93. The van der Waals surface area contributed by atoms with Crippen molar-refractivity contribution in [3.63, 3.8) is 0 Å². The van der Waals surface area contributed by atoms with Gasteiger partial charge in [0.05, 0.1) is 0 Å². The minimum absolute atomic E-state index is 0.0263. The van der Waals surface area contributed by atoms with Gasteiger partial charge in [-0.05, 0) is 32.9 Å². The molecule has 16 heavy (non-hydrogen) atoms. The van der Waals surface area contributed by atoms with Crippen LogP contribution < -0.4 is 5.32 Å². The number of nitrogens with zero attached hydrogens (tertiary/aromatic N) is 1. The predicted octanol–water partition coefficient (Wildman–Crippen LogP) is 0.452. The van der Waals surface area contributed by atoms with Crippen molar-refractivity contribution in [2.75, 3.05) is 20.1 Å². The maximum atomic E-state index is 11.5. The van der Waals surface area contributed by atoms with Crippen molar-refractivity contribution in [1.82, 2.24) is 10.2 Å². The van der Waals surface area contributed by atoms with E-state index >= 15 is 0 Å². The van der Waals surface area contributed by atoms with Crippen molar-refractivity contribution in [2.24, 2.45) is 0 Å². The molecule has 1 aliphatic heterocycles. The maximum Gasteiger partial charge on any atom is 0.303 e. The second-order valence-corrected chi connectivity index (χ2v) is 4.42. The highest BCUT2D eigenvalue weighted by atomic mass is 16.4. The SMILES string of the molecule is CN1CCCC(NC(=O)CCCC(=O)O)C1. The first-order valence-electron chi connectivity index (χ1n) is 5.77. The molecule has 0 aromatic heterocycles. The number of amides is 1. The van der Waals surface area contributed by atoms with E-state index in [4.69, 9.17) is 5.11 Å². The third-order valence-corrected chi connectivity index (χ3v) is 2.78. The van der Waals surface area contributed by atoms with Gasteiger partial charge in [-0.15, -0.1) is 0 Å². The quantitative estimate of drug-likeness (QED) is 0.717. The Morgan fingerprint density at radius 1 is 1.44 bits per heavy atom. The zero-order valence-corrected chi connectivity index (χ0v) is 9.74. The molecule has 0 aromatic rings. The second-order valence-electron chi connectivity index (χ2n) is 4.42. The molecule has 5 heteroatoms. The lowest BCUT2D eigenvalue weighted by molar-refractivity contribution is -0.137. The van der Waals surface area contributed by atoms with Gasteiger partial charge in [0, 0.05) is 25.4 Å². The molecule has 0 radical (unpaired) electrons. The normalized spacial score (nSPS) is 21.7. The smallest absolute Gasteiger partial charge is 0.303 e. The molecule has 1 saturated heterocycles. The number of likely N-dealkylation sites (tertiary alicyclic amines) is 1. The fourth-order valence-corrected chi connectivity index (χ4v) is 1.98. The van der Waals surface area contributed by atoms with Gasteiger partial charge in [-0.2, -0.15) is 0 Å². The average molecular weight is 228 g/mol. The van der Waals surface area contributed by atoms with Crippen molar-refractivity contribution in [3.05, 3.63) is 0 Å². The number of carboxylic acid groups (broad SMARTS) is 1. The van der Waals surface area contributed by atoms with E-state index in [1.807, 2.05) is 7.05 Å². The minimum Gasteiger partial charge on any atom is -0.481 e. The highest BCUT2D eigenvalue weighted by Crippen LogP contribution is 2.08. The van der Waals surface area contributed by atoms with Crippen molar-refractivity contribution in [1.29, 1.82) is 0 Å². The zero-order chi connectivity index (χ0) is 12.0. The topological polar surface area (TPSA) is 69.6 Å². The Morgan fingerprint density at radius 3 is 2.81 bits per heavy atom. The van der Waals surface area contributed by atoms with Gasteiger partial charge in [0.15, 0.2) is 0 Å². The summed E-state index contributed by atoms with van der Waals surface area (Å²) in [4.78, 5) is 24.0. The third kappa shape index (κ3) is 5.11. The Kier molecular flexibility index (Phi) is 5.25. The molecule has 1 atom stereocenters. The van der Waals surface area contributed by atoms with Crippen LogP contribution >= 0.6 is 0 Å². The maximum absolute atomic E-state index is 11.5. The van der Waals surface area contributed by atoms with E-state index in [1.54, 1.807) is 0 Å². The number of likely N-dealkylation sites (N-methyl/N-ethyl adjacent to an activating group) is 1. The monoisotopic (exact) mass is 228 g/mol. The fourth-order valence-electron chi connectivity index (χ4n) is 1.98. The molecule has 1 heterocycles. The molecule has 0 spiro atoms. The Balaban J connectivity index is 2.15. The van der Waals surface area contributed by atoms with E-state index in [2.05, 4.69) is 10.2 Å². The van der Waals surface area contributed by atoms with Crippen LogP contribution in [0.1, 0.15) is 32.1 Å². The van der Waals surface area contributed by atoms with Crippen molar-refractivity contribution in [3.8, 4) is 0 Å². The molecule has 1 fully saturated rings. The van der Waals surface area contributed by atoms with Gasteiger partial charge in [-0.1, -0.05) is 0 Å². The molecule has 5 nitrogen and oxygen atoms in total. The lowest BCUT2D eigenvalue weighted by Crippen LogP contribution is -2.46. The van der Waals surface area contributed by atoms with Gasteiger partial charge >= 0.3 is 5.97 Å². The zero-order valence-electron chi connectivity index (χ0n) is 9.74. The van der Waals surface area contributed by atoms with Crippen LogP contribution in [0.4, 0.5) is 0 Å². The van der Waals surface area contributed by atoms with Crippen molar-refractivity contribution in [2.45, 2.75) is 38.1 Å². The number of piperidine rings is 1. The summed E-state index contributed by atoms with van der Waals surface area (Å²) in [5.41, 5.74) is 0. The number of hydrogen-bond donors (Lipinski definition) is 2. The molecular weight excluding hydrogens is 208 g/mol. The van der Waals surface area contributed by atoms with E-state index in [0.717, 1.165) is 25.9 Å². The van der Waals surface area contributed by atoms with Gasteiger partial charge in [0.2, 0.25) is 5.91 Å². The van der Waals surface area contributed by atoms with Crippen molar-refractivity contribution < 1.29 is 14.7 Å². The molecule has 0 saturated carbocycles. The summed E-state index contributed by atoms with van der Waals surface area (Å²) in [6, 6.07) is 0.232. The molecule has 92 valence electrons. The van der Waals surface area contributed by atoms with Gasteiger partial charge < -0.3 is 15.3 Å². The summed E-state index contributed by atoms with van der Waals surface area (Å²) < 4.78 is 0. The van der Waals surface area contributed by atoms with Gasteiger partial charge in [-0.25, -0.2) is 0 Å². The molecule has 1 aliphatic rings. The minimum atomic E-state index is -0.842. The number of rotatable bonds is 5. The third-order valence-electron chi connectivity index (χ3n) is 2.78. The molecule has 1 unspecified atom stereocenters. The summed E-state index contributed by atoms with van der Waals surface area (Å²) >= 11 is 0. The molecule has 0 bridgehead atoms. The van der Waals surface area contributed by atoms with Crippen molar-refractivity contribution >= 4 is 11.9 Å². The highest BCUT2D eigenvalue weighted by Gasteiger charge is 2.18. The van der Waals surface area contributed by atoms with Crippen LogP contribution in [0.3, 0.4) is 0 Å². The molecule has 2 N–H and O–H groups in total. The predicted molar refractivity (Wildman–Crippen MR) is 60.1 cm³/mol. The Morgan fingerprint density at radius 2 is 2.19 bits per heavy atom. The van der Waals surface area contributed by atoms with E-state index in [0.29, 0.717) is 12.8 Å². The number of aliphatic carboxylic acids is 1. The number of carbonyl (C=O) groups excluding carboxylic acids is 1. The Labute approximate surface area is 95.8 Å². The van der Waals surface area contributed by atoms with E-state index in [1.165, 1.54) is 0 Å². The summed E-state index contributed by atoms with van der Waals surface area (Å²) in [5.74, 6) is -0.869. The lowest BCUT2D eigenvalue weighted by atomic mass is 10.1. The van der Waals surface area contributed by atoms with E-state index in [9.17, 15) is 9.59 Å². The molecule has 1 amide bonds. The molecule has 1 rings (SSSR count). The van der Waals surface area contributed by atoms with Gasteiger partial charge in [-0.3, -0.25) is 9.59 Å². The van der Waals surface area contributed by atoms with Gasteiger partial charge in [0.25, 0.3) is 0 Å². The second kappa shape index (κ2) is 6.48. The van der Waals surface area contributed by atoms with Crippen LogP contribution in [-0.4, -0.2) is 48.1 Å². The molecule has 0 aliphatic carbocycles. The standard InChI is InChI=1S/C11H20N2O3/c1-13-7-3-4-9(8-13)12-10(14)5-2-6-11(15)16/h9H,2-8H2,1H3,(H,12,14)(H,15,16). The first-order valence-corrected chi connectivity index (χ1v) is 5.77. The number of carboxylic acids is 1. The van der Waals surface area contributed by atoms with Crippen LogP contribution in [-0.2, 0) is 9.59 Å². The van der Waals surface area contributed by atoms with E-state index < -0.39 is 5.97 Å². The lowest BCUT2D eigenvalue weighted by Gasteiger charge is -2.30. The number of nitrogens with one attached hydrogen (secondary N) is 1. The van der Waals surface area contributed by atoms with Crippen LogP contribution in [0.15, 0.2) is 0 Å². The van der Waals surface area contributed by atoms with Gasteiger partial charge in [0.1, 0.15) is 0 Å². The highest BCUT2D eigenvalue weighted by molar-refractivity contribution is 5.77. The van der Waals surface area contributed by atoms with Crippen LogP contribution in [0.2, 0.25) is 0 Å². The molecular formula is C11H20N2O3. The summed E-state index contributed by atoms with van der Waals surface area (Å²) in [5, 5.41) is 11.4. The number of hydrogen-bond acceptors (Lipinski definition) is 3. The van der Waals surface area contributed by atoms with Crippen LogP contribution in [0, 0.1) is 0 Å². The first kappa shape index (κ1) is 13.0. The van der Waals surface area contributed by atoms with E-state index in [-0.39, 0.29) is 18.4 Å². The Bertz CT molecular complexity index is 256. The van der Waals surface area contributed by atoms with Crippen LogP contribution in [0.5, 0.6) is 0 Å². The summed E-state index contributed by atoms with van der Waals surface area (Å²) in [6.45, 7) is 1.98. The average Bonchev–Trinajstić information content (AvgIpc) is 2.16. The number of carbonyl (C=O) groups is 2. The largest absolute Gasteiger partial charge is 0.481 e.